The van der Waals surface area contributed by atoms with Gasteiger partial charge in [-0.3, -0.25) is 0 Å². The van der Waals surface area contributed by atoms with Crippen molar-refractivity contribution in [1.29, 1.82) is 0 Å². The van der Waals surface area contributed by atoms with Crippen molar-refractivity contribution >= 4 is 9.84 Å². The molecule has 2 aliphatic rings. The molecule has 2 N–H and O–H groups in total. The van der Waals surface area contributed by atoms with E-state index in [1.807, 2.05) is 6.92 Å². The molecule has 1 heterocycles. The second-order valence-electron chi connectivity index (χ2n) is 5.78. The molecule has 4 nitrogen and oxygen atoms in total. The van der Waals surface area contributed by atoms with Crippen LogP contribution in [0.3, 0.4) is 0 Å². The number of hydrogen-bond donors (Lipinski definition) is 1. The maximum absolute atomic E-state index is 12.7. The summed E-state index contributed by atoms with van der Waals surface area (Å²) in [7, 11) is -3.15. The van der Waals surface area contributed by atoms with Crippen LogP contribution in [0.1, 0.15) is 46.0 Å². The molecule has 1 aliphatic heterocycles. The second-order valence-corrected chi connectivity index (χ2v) is 8.17. The van der Waals surface area contributed by atoms with E-state index in [1.54, 1.807) is 0 Å². The maximum Gasteiger partial charge on any atom is 0.160 e. The van der Waals surface area contributed by atoms with Gasteiger partial charge in [-0.25, -0.2) is 8.42 Å². The zero-order valence-corrected chi connectivity index (χ0v) is 12.2. The van der Waals surface area contributed by atoms with Gasteiger partial charge in [0.25, 0.3) is 0 Å². The molecule has 5 atom stereocenters. The molecule has 2 rings (SSSR count). The molecule has 0 spiro atoms. The number of sulfone groups is 1. The van der Waals surface area contributed by atoms with Gasteiger partial charge in [-0.1, -0.05) is 13.3 Å². The molecule has 0 bridgehead atoms. The third-order valence-corrected chi connectivity index (χ3v) is 7.53. The maximum atomic E-state index is 12.7. The number of nitrogens with two attached hydrogens (primary N) is 1. The van der Waals surface area contributed by atoms with Crippen molar-refractivity contribution in [2.24, 2.45) is 11.7 Å². The smallest absolute Gasteiger partial charge is 0.160 e. The van der Waals surface area contributed by atoms with Crippen LogP contribution < -0.4 is 5.73 Å². The highest BCUT2D eigenvalue weighted by Gasteiger charge is 2.44. The van der Waals surface area contributed by atoms with Gasteiger partial charge in [0.2, 0.25) is 0 Å². The zero-order valence-electron chi connectivity index (χ0n) is 11.3. The summed E-state index contributed by atoms with van der Waals surface area (Å²) in [5, 5.41) is -0.700. The van der Waals surface area contributed by atoms with Gasteiger partial charge < -0.3 is 10.5 Å². The Morgan fingerprint density at radius 3 is 2.50 bits per heavy atom. The molecule has 1 saturated heterocycles. The van der Waals surface area contributed by atoms with E-state index in [0.29, 0.717) is 18.9 Å². The van der Waals surface area contributed by atoms with Crippen LogP contribution in [0.2, 0.25) is 0 Å². The van der Waals surface area contributed by atoms with Gasteiger partial charge in [0, 0.05) is 12.6 Å². The normalized spacial score (nSPS) is 42.1. The Morgan fingerprint density at radius 1 is 1.22 bits per heavy atom. The van der Waals surface area contributed by atoms with Crippen molar-refractivity contribution in [2.75, 3.05) is 6.61 Å². The van der Waals surface area contributed by atoms with Crippen molar-refractivity contribution in [1.82, 2.24) is 0 Å². The monoisotopic (exact) mass is 275 g/mol. The molecule has 0 amide bonds. The van der Waals surface area contributed by atoms with E-state index in [1.165, 1.54) is 0 Å². The first kappa shape index (κ1) is 14.3. The molecule has 0 radical (unpaired) electrons. The fraction of sp³-hybridized carbons (Fsp3) is 1.00. The predicted octanol–water partition coefficient (Wildman–Crippen LogP) is 1.48. The summed E-state index contributed by atoms with van der Waals surface area (Å²) in [6, 6.07) is -0.189. The molecule has 5 heteroatoms. The lowest BCUT2D eigenvalue weighted by molar-refractivity contribution is 0.126. The minimum absolute atomic E-state index is 0.177. The standard InChI is InChI=1S/C13H25NO3S/c1-3-10-4-5-11(14)13(8-10)18(15,16)12-6-7-17-9(12)2/h9-13H,3-8,14H2,1-2H3. The Bertz CT molecular complexity index is 382. The van der Waals surface area contributed by atoms with E-state index >= 15 is 0 Å². The molecule has 0 aromatic rings. The minimum atomic E-state index is -3.15. The summed E-state index contributed by atoms with van der Waals surface area (Å²) in [4.78, 5) is 0. The summed E-state index contributed by atoms with van der Waals surface area (Å²) < 4.78 is 30.8. The fourth-order valence-electron chi connectivity index (χ4n) is 3.35. The van der Waals surface area contributed by atoms with Gasteiger partial charge in [-0.2, -0.15) is 0 Å². The molecule has 5 unspecified atom stereocenters. The average molecular weight is 275 g/mol. The van der Waals surface area contributed by atoms with Gasteiger partial charge in [0.1, 0.15) is 0 Å². The summed E-state index contributed by atoms with van der Waals surface area (Å²) in [6.45, 7) is 4.55. The van der Waals surface area contributed by atoms with Crippen LogP contribution >= 0.6 is 0 Å². The zero-order chi connectivity index (χ0) is 13.3. The molecule has 18 heavy (non-hydrogen) atoms. The van der Waals surface area contributed by atoms with E-state index < -0.39 is 9.84 Å². The topological polar surface area (TPSA) is 69.4 Å². The van der Waals surface area contributed by atoms with E-state index in [4.69, 9.17) is 10.5 Å². The highest BCUT2D eigenvalue weighted by Crippen LogP contribution is 2.34. The Kier molecular flexibility index (Phi) is 4.34. The number of rotatable bonds is 3. The van der Waals surface area contributed by atoms with E-state index in [2.05, 4.69) is 6.92 Å². The van der Waals surface area contributed by atoms with Crippen LogP contribution in [-0.4, -0.2) is 37.7 Å². The van der Waals surface area contributed by atoms with Crippen molar-refractivity contribution in [3.63, 3.8) is 0 Å². The molecule has 2 fully saturated rings. The minimum Gasteiger partial charge on any atom is -0.377 e. The first-order valence-corrected chi connectivity index (χ1v) is 8.67. The van der Waals surface area contributed by atoms with Crippen LogP contribution in [0, 0.1) is 5.92 Å². The van der Waals surface area contributed by atoms with Crippen LogP contribution in [0.4, 0.5) is 0 Å². The third-order valence-electron chi connectivity index (χ3n) is 4.68. The highest BCUT2D eigenvalue weighted by molar-refractivity contribution is 7.92. The van der Waals surface area contributed by atoms with Gasteiger partial charge in [-0.15, -0.1) is 0 Å². The van der Waals surface area contributed by atoms with Crippen LogP contribution in [0.15, 0.2) is 0 Å². The number of ether oxygens (including phenoxy) is 1. The van der Waals surface area contributed by atoms with Crippen LogP contribution in [-0.2, 0) is 14.6 Å². The van der Waals surface area contributed by atoms with Gasteiger partial charge in [0.05, 0.1) is 16.6 Å². The molecular formula is C13H25NO3S. The Morgan fingerprint density at radius 2 is 1.94 bits per heavy atom. The summed E-state index contributed by atoms with van der Waals surface area (Å²) in [5.41, 5.74) is 6.08. The lowest BCUT2D eigenvalue weighted by atomic mass is 9.84. The van der Waals surface area contributed by atoms with E-state index in [0.717, 1.165) is 25.7 Å². The molecule has 0 aromatic heterocycles. The largest absolute Gasteiger partial charge is 0.377 e. The van der Waals surface area contributed by atoms with Gasteiger partial charge >= 0.3 is 0 Å². The third kappa shape index (κ3) is 2.58. The lowest BCUT2D eigenvalue weighted by Gasteiger charge is -2.35. The molecule has 106 valence electrons. The van der Waals surface area contributed by atoms with Crippen LogP contribution in [0.5, 0.6) is 0 Å². The first-order valence-electron chi connectivity index (χ1n) is 7.06. The van der Waals surface area contributed by atoms with Crippen molar-refractivity contribution in [3.8, 4) is 0 Å². The SMILES string of the molecule is CCC1CCC(N)C(S(=O)(=O)C2CCOC2C)C1. The van der Waals surface area contributed by atoms with Crippen molar-refractivity contribution in [3.05, 3.63) is 0 Å². The lowest BCUT2D eigenvalue weighted by Crippen LogP contribution is -2.49. The fourth-order valence-corrected chi connectivity index (χ4v) is 6.00. The first-order chi connectivity index (χ1) is 8.46. The van der Waals surface area contributed by atoms with E-state index in [9.17, 15) is 8.42 Å². The average Bonchev–Trinajstić information content (AvgIpc) is 2.76. The predicted molar refractivity (Wildman–Crippen MR) is 72.1 cm³/mol. The highest BCUT2D eigenvalue weighted by atomic mass is 32.2. The quantitative estimate of drug-likeness (QED) is 0.847. The van der Waals surface area contributed by atoms with Crippen molar-refractivity contribution in [2.45, 2.75) is 68.6 Å². The van der Waals surface area contributed by atoms with Crippen LogP contribution in [0.25, 0.3) is 0 Å². The van der Waals surface area contributed by atoms with Crippen molar-refractivity contribution < 1.29 is 13.2 Å². The summed E-state index contributed by atoms with van der Waals surface area (Å²) in [5.74, 6) is 0.516. The summed E-state index contributed by atoms with van der Waals surface area (Å²) >= 11 is 0. The Balaban J connectivity index is 2.17. The number of hydrogen-bond acceptors (Lipinski definition) is 4. The Hall–Kier alpha value is -0.130. The van der Waals surface area contributed by atoms with Gasteiger partial charge in [0.15, 0.2) is 9.84 Å². The Labute approximate surface area is 110 Å². The second kappa shape index (κ2) is 5.47. The molecule has 1 saturated carbocycles. The summed E-state index contributed by atoms with van der Waals surface area (Å²) in [6.07, 6.45) is 4.15. The molecular weight excluding hydrogens is 250 g/mol. The molecule has 0 aromatic carbocycles. The van der Waals surface area contributed by atoms with Gasteiger partial charge in [-0.05, 0) is 38.5 Å². The molecule has 1 aliphatic carbocycles. The van der Waals surface area contributed by atoms with E-state index in [-0.39, 0.29) is 22.6 Å².